The maximum atomic E-state index is 14.3. The summed E-state index contributed by atoms with van der Waals surface area (Å²) >= 11 is 3.42. The third-order valence-corrected chi connectivity index (χ3v) is 9.58. The van der Waals surface area contributed by atoms with E-state index < -0.39 is 40.2 Å². The summed E-state index contributed by atoms with van der Waals surface area (Å²) in [5.74, 6) is -0.951. The lowest BCUT2D eigenvalue weighted by Gasteiger charge is -2.33. The minimum atomic E-state index is -4.40. The lowest BCUT2D eigenvalue weighted by Crippen LogP contribution is -2.53. The Kier molecular flexibility index (Phi) is 10.0. The number of likely N-dealkylation sites (N-methyl/N-ethyl adjacent to an activating group) is 1. The van der Waals surface area contributed by atoms with Crippen molar-refractivity contribution in [3.05, 3.63) is 118 Å². The van der Waals surface area contributed by atoms with E-state index in [1.165, 1.54) is 42.3 Å². The second-order valence-corrected chi connectivity index (χ2v) is 13.0. The number of sulfonamides is 1. The van der Waals surface area contributed by atoms with Crippen molar-refractivity contribution in [2.24, 2.45) is 0 Å². The van der Waals surface area contributed by atoms with Gasteiger partial charge in [0, 0.05) is 30.6 Å². The molecule has 1 aliphatic rings. The van der Waals surface area contributed by atoms with Crippen LogP contribution >= 0.6 is 15.9 Å². The Morgan fingerprint density at radius 3 is 2.22 bits per heavy atom. The maximum Gasteiger partial charge on any atom is 0.264 e. The highest BCUT2D eigenvalue weighted by Crippen LogP contribution is 2.34. The first kappa shape index (κ1) is 32.0. The molecule has 0 aliphatic carbocycles. The van der Waals surface area contributed by atoms with Crippen LogP contribution in [0.4, 0.5) is 10.1 Å². The lowest BCUT2D eigenvalue weighted by atomic mass is 10.0. The normalized spacial score (nSPS) is 13.0. The molecule has 1 N–H and O–H groups in total. The van der Waals surface area contributed by atoms with Gasteiger partial charge in [0.15, 0.2) is 11.5 Å². The maximum absolute atomic E-state index is 14.3. The van der Waals surface area contributed by atoms with Crippen LogP contribution in [-0.4, -0.2) is 58.0 Å². The number of fused-ring (bicyclic) bond motifs is 1. The van der Waals surface area contributed by atoms with Crippen molar-refractivity contribution < 1.29 is 31.9 Å². The van der Waals surface area contributed by atoms with E-state index in [-0.39, 0.29) is 35.9 Å². The van der Waals surface area contributed by atoms with Crippen molar-refractivity contribution >= 4 is 43.5 Å². The number of halogens is 2. The van der Waals surface area contributed by atoms with Gasteiger partial charge in [0.2, 0.25) is 11.8 Å². The van der Waals surface area contributed by atoms with Crippen LogP contribution in [0.25, 0.3) is 0 Å². The second kappa shape index (κ2) is 14.1. The molecule has 234 valence electrons. The summed E-state index contributed by atoms with van der Waals surface area (Å²) in [7, 11) is -2.91. The van der Waals surface area contributed by atoms with Gasteiger partial charge in [-0.15, -0.1) is 0 Å². The predicted octanol–water partition coefficient (Wildman–Crippen LogP) is 4.94. The molecular formula is C33H31BrFN3O6S. The van der Waals surface area contributed by atoms with Gasteiger partial charge < -0.3 is 19.7 Å². The Morgan fingerprint density at radius 1 is 0.889 bits per heavy atom. The van der Waals surface area contributed by atoms with Crippen LogP contribution in [0.15, 0.2) is 106 Å². The number of nitrogens with zero attached hydrogens (tertiary/aromatic N) is 2. The quantitative estimate of drug-likeness (QED) is 0.238. The number of benzene rings is 4. The van der Waals surface area contributed by atoms with E-state index in [4.69, 9.17) is 9.47 Å². The third-order valence-electron chi connectivity index (χ3n) is 7.28. The Bertz CT molecular complexity index is 1760. The van der Waals surface area contributed by atoms with Crippen LogP contribution in [-0.2, 0) is 32.6 Å². The zero-order chi connectivity index (χ0) is 32.0. The number of carbonyl (C=O) groups is 2. The number of anilines is 1. The van der Waals surface area contributed by atoms with Crippen LogP contribution < -0.4 is 19.1 Å². The van der Waals surface area contributed by atoms with Gasteiger partial charge in [-0.1, -0.05) is 58.4 Å². The van der Waals surface area contributed by atoms with Gasteiger partial charge in [0.1, 0.15) is 31.6 Å². The first-order valence-corrected chi connectivity index (χ1v) is 16.4. The van der Waals surface area contributed by atoms with Crippen LogP contribution in [0.2, 0.25) is 0 Å². The highest BCUT2D eigenvalue weighted by Gasteiger charge is 2.35. The summed E-state index contributed by atoms with van der Waals surface area (Å²) in [6, 6.07) is 24.6. The topological polar surface area (TPSA) is 105 Å². The molecule has 4 aromatic carbocycles. The summed E-state index contributed by atoms with van der Waals surface area (Å²) in [6.45, 7) is -0.0530. The van der Waals surface area contributed by atoms with Gasteiger partial charge in [-0.25, -0.2) is 12.8 Å². The molecule has 9 nitrogen and oxygen atoms in total. The molecular weight excluding hydrogens is 665 g/mol. The summed E-state index contributed by atoms with van der Waals surface area (Å²) in [6.07, 6.45) is 0.189. The van der Waals surface area contributed by atoms with Crippen LogP contribution in [0.3, 0.4) is 0 Å². The van der Waals surface area contributed by atoms with Gasteiger partial charge in [0.05, 0.1) is 10.6 Å². The Balaban J connectivity index is 1.55. The number of rotatable bonds is 11. The van der Waals surface area contributed by atoms with Gasteiger partial charge in [-0.2, -0.15) is 0 Å². The van der Waals surface area contributed by atoms with E-state index in [1.54, 1.807) is 0 Å². The lowest BCUT2D eigenvalue weighted by molar-refractivity contribution is -0.139. The molecule has 12 heteroatoms. The standard InChI is InChI=1S/C33H31BrFN3O6S/c1-36-33(40)29(19-23-5-3-2-4-6-23)37(21-24-7-9-25(34)10-8-24)32(39)22-38(27-13-11-26(35)12-14-27)45(41,42)28-15-16-30-31(20-28)44-18-17-43-30/h2-16,20,29H,17-19,21-22H2,1H3,(H,36,40)/t29-/m0/s1. The summed E-state index contributed by atoms with van der Waals surface area (Å²) in [4.78, 5) is 28.9. The smallest absolute Gasteiger partial charge is 0.264 e. The molecule has 1 atom stereocenters. The highest BCUT2D eigenvalue weighted by atomic mass is 79.9. The molecule has 0 aromatic heterocycles. The second-order valence-electron chi connectivity index (χ2n) is 10.3. The van der Waals surface area contributed by atoms with E-state index >= 15 is 0 Å². The van der Waals surface area contributed by atoms with Crippen LogP contribution in [0, 0.1) is 5.82 Å². The molecule has 45 heavy (non-hydrogen) atoms. The predicted molar refractivity (Wildman–Crippen MR) is 171 cm³/mol. The van der Waals surface area contributed by atoms with Crippen molar-refractivity contribution in [3.63, 3.8) is 0 Å². The number of hydrogen-bond acceptors (Lipinski definition) is 6. The van der Waals surface area contributed by atoms with Gasteiger partial charge in [0.25, 0.3) is 10.0 Å². The molecule has 0 bridgehead atoms. The average molecular weight is 697 g/mol. The van der Waals surface area contributed by atoms with Crippen LogP contribution in [0.1, 0.15) is 11.1 Å². The molecule has 0 spiro atoms. The molecule has 5 rings (SSSR count). The molecule has 0 saturated carbocycles. The number of nitrogens with one attached hydrogen (secondary N) is 1. The first-order valence-electron chi connectivity index (χ1n) is 14.1. The molecule has 0 saturated heterocycles. The van der Waals surface area contributed by atoms with Crippen molar-refractivity contribution in [1.82, 2.24) is 10.2 Å². The fourth-order valence-electron chi connectivity index (χ4n) is 4.95. The zero-order valence-corrected chi connectivity index (χ0v) is 26.8. The van der Waals surface area contributed by atoms with Crippen molar-refractivity contribution in [1.29, 1.82) is 0 Å². The van der Waals surface area contributed by atoms with Crippen molar-refractivity contribution in [2.75, 3.05) is 31.1 Å². The molecule has 1 heterocycles. The van der Waals surface area contributed by atoms with Gasteiger partial charge in [-0.3, -0.25) is 13.9 Å². The van der Waals surface area contributed by atoms with E-state index in [1.807, 2.05) is 54.6 Å². The number of carbonyl (C=O) groups excluding carboxylic acids is 2. The Labute approximate surface area is 269 Å². The van der Waals surface area contributed by atoms with Crippen molar-refractivity contribution in [2.45, 2.75) is 23.9 Å². The molecule has 1 aliphatic heterocycles. The first-order chi connectivity index (χ1) is 21.7. The molecule has 2 amide bonds. The largest absolute Gasteiger partial charge is 0.486 e. The fraction of sp³-hybridized carbons (Fsp3) is 0.212. The SMILES string of the molecule is CNC(=O)[C@H](Cc1ccccc1)N(Cc1ccc(Br)cc1)C(=O)CN(c1ccc(F)cc1)S(=O)(=O)c1ccc2c(c1)OCCO2. The molecule has 0 unspecified atom stereocenters. The monoisotopic (exact) mass is 695 g/mol. The Hall–Kier alpha value is -4.42. The van der Waals surface area contributed by atoms with E-state index in [2.05, 4.69) is 21.2 Å². The average Bonchev–Trinajstić information content (AvgIpc) is 3.06. The number of hydrogen-bond donors (Lipinski definition) is 1. The summed E-state index contributed by atoms with van der Waals surface area (Å²) in [5, 5.41) is 2.65. The molecule has 0 radical (unpaired) electrons. The van der Waals surface area contributed by atoms with E-state index in [9.17, 15) is 22.4 Å². The van der Waals surface area contributed by atoms with Crippen LogP contribution in [0.5, 0.6) is 11.5 Å². The highest BCUT2D eigenvalue weighted by molar-refractivity contribution is 9.10. The van der Waals surface area contributed by atoms with Gasteiger partial charge >= 0.3 is 0 Å². The molecule has 0 fully saturated rings. The van der Waals surface area contributed by atoms with Crippen molar-refractivity contribution in [3.8, 4) is 11.5 Å². The van der Waals surface area contributed by atoms with E-state index in [0.717, 1.165) is 32.0 Å². The minimum Gasteiger partial charge on any atom is -0.486 e. The van der Waals surface area contributed by atoms with E-state index in [0.29, 0.717) is 12.4 Å². The molecule has 4 aromatic rings. The van der Waals surface area contributed by atoms with Gasteiger partial charge in [-0.05, 0) is 59.7 Å². The minimum absolute atomic E-state index is 0.0262. The fourth-order valence-corrected chi connectivity index (χ4v) is 6.65. The zero-order valence-electron chi connectivity index (χ0n) is 24.4. The Morgan fingerprint density at radius 2 is 1.56 bits per heavy atom. The summed E-state index contributed by atoms with van der Waals surface area (Å²) in [5.41, 5.74) is 1.62. The third kappa shape index (κ3) is 7.63. The number of ether oxygens (including phenoxy) is 2. The summed E-state index contributed by atoms with van der Waals surface area (Å²) < 4.78 is 55.2. The number of amides is 2.